The average Bonchev–Trinajstić information content (AvgIpc) is 2.63. The van der Waals surface area contributed by atoms with E-state index in [-0.39, 0.29) is 22.5 Å². The molecular weight excluding hydrogens is 399 g/mol. The van der Waals surface area contributed by atoms with Crippen LogP contribution in [0.5, 0.6) is 0 Å². The van der Waals surface area contributed by atoms with E-state index in [9.17, 15) is 18.0 Å². The van der Waals surface area contributed by atoms with Crippen molar-refractivity contribution in [2.45, 2.75) is 32.9 Å². The van der Waals surface area contributed by atoms with E-state index in [1.807, 2.05) is 18.7 Å². The second-order valence-corrected chi connectivity index (χ2v) is 7.21. The van der Waals surface area contributed by atoms with Gasteiger partial charge in [0.1, 0.15) is 0 Å². The number of carbonyl (C=O) groups excluding carboxylic acids is 1. The van der Waals surface area contributed by atoms with Crippen molar-refractivity contribution in [2.75, 3.05) is 31.5 Å². The number of alkyl halides is 3. The summed E-state index contributed by atoms with van der Waals surface area (Å²) in [5, 5.41) is 2.79. The van der Waals surface area contributed by atoms with Crippen molar-refractivity contribution in [2.24, 2.45) is 5.92 Å². The first-order chi connectivity index (χ1) is 12.7. The fraction of sp³-hybridized carbons (Fsp3) is 0.556. The van der Waals surface area contributed by atoms with Gasteiger partial charge in [0.25, 0.3) is 0 Å². The Morgan fingerprint density at radius 3 is 2.63 bits per heavy atom. The number of hydrogen-bond acceptors (Lipinski definition) is 2. The summed E-state index contributed by atoms with van der Waals surface area (Å²) in [7, 11) is 0. The smallest absolute Gasteiger partial charge is 0.348 e. The standard InChI is InChI=1S/C18H23ClF3N3OS/c1-3-24(4-2)16(26)12-6-5-9-25(11-12)17(27)23-13-7-8-15(19)14(10-13)18(20,21)22/h7-8,10,12H,3-6,9,11H2,1-2H3,(H,23,27). The largest absolute Gasteiger partial charge is 0.417 e. The molecule has 0 spiro atoms. The number of carbonyl (C=O) groups is 1. The predicted molar refractivity (Wildman–Crippen MR) is 105 cm³/mol. The van der Waals surface area contributed by atoms with Crippen LogP contribution in [-0.2, 0) is 11.0 Å². The molecule has 0 radical (unpaired) electrons. The maximum Gasteiger partial charge on any atom is 0.417 e. The van der Waals surface area contributed by atoms with Crippen LogP contribution in [0, 0.1) is 5.92 Å². The summed E-state index contributed by atoms with van der Waals surface area (Å²) in [5.41, 5.74) is -0.695. The molecule has 0 bridgehead atoms. The first-order valence-corrected chi connectivity index (χ1v) is 9.67. The Labute approximate surface area is 167 Å². The maximum absolute atomic E-state index is 13.0. The SMILES string of the molecule is CCN(CC)C(=O)C1CCCN(C(=S)Nc2ccc(Cl)c(C(F)(F)F)c2)C1. The van der Waals surface area contributed by atoms with Gasteiger partial charge in [-0.1, -0.05) is 11.6 Å². The molecule has 1 aromatic carbocycles. The lowest BCUT2D eigenvalue weighted by Crippen LogP contribution is -2.47. The summed E-state index contributed by atoms with van der Waals surface area (Å²) in [4.78, 5) is 16.2. The molecular formula is C18H23ClF3N3OS. The number of thiocarbonyl (C=S) groups is 1. The van der Waals surface area contributed by atoms with E-state index in [1.165, 1.54) is 12.1 Å². The lowest BCUT2D eigenvalue weighted by atomic mass is 9.96. The molecule has 2 rings (SSSR count). The second kappa shape index (κ2) is 9.10. The lowest BCUT2D eigenvalue weighted by Gasteiger charge is -2.36. The highest BCUT2D eigenvalue weighted by Crippen LogP contribution is 2.36. The van der Waals surface area contributed by atoms with E-state index in [4.69, 9.17) is 23.8 Å². The van der Waals surface area contributed by atoms with Crippen LogP contribution in [0.1, 0.15) is 32.3 Å². The van der Waals surface area contributed by atoms with Gasteiger partial charge >= 0.3 is 6.18 Å². The van der Waals surface area contributed by atoms with Crippen LogP contribution in [0.15, 0.2) is 18.2 Å². The number of nitrogens with zero attached hydrogens (tertiary/aromatic N) is 2. The van der Waals surface area contributed by atoms with Crippen LogP contribution in [0.25, 0.3) is 0 Å². The molecule has 1 aliphatic rings. The predicted octanol–water partition coefficient (Wildman–Crippen LogP) is 4.64. The normalized spacial score (nSPS) is 17.6. The van der Waals surface area contributed by atoms with Gasteiger partial charge in [-0.2, -0.15) is 13.2 Å². The van der Waals surface area contributed by atoms with Crippen LogP contribution in [0.2, 0.25) is 5.02 Å². The summed E-state index contributed by atoms with van der Waals surface area (Å²) in [6, 6.07) is 3.59. The Hall–Kier alpha value is -1.54. The summed E-state index contributed by atoms with van der Waals surface area (Å²) in [5.74, 6) is -0.0623. The molecule has 1 N–H and O–H groups in total. The zero-order chi connectivity index (χ0) is 20.2. The zero-order valence-corrected chi connectivity index (χ0v) is 16.8. The van der Waals surface area contributed by atoms with Gasteiger partial charge in [0.15, 0.2) is 5.11 Å². The van der Waals surface area contributed by atoms with Gasteiger partial charge in [0.05, 0.1) is 16.5 Å². The minimum atomic E-state index is -4.54. The van der Waals surface area contributed by atoms with Crippen molar-refractivity contribution in [3.63, 3.8) is 0 Å². The van der Waals surface area contributed by atoms with Crippen LogP contribution in [0.4, 0.5) is 18.9 Å². The molecule has 150 valence electrons. The van der Waals surface area contributed by atoms with Gasteiger partial charge in [0.2, 0.25) is 5.91 Å². The van der Waals surface area contributed by atoms with Gasteiger partial charge in [-0.25, -0.2) is 0 Å². The van der Waals surface area contributed by atoms with Gasteiger partial charge < -0.3 is 15.1 Å². The molecule has 1 unspecified atom stereocenters. The van der Waals surface area contributed by atoms with E-state index in [0.29, 0.717) is 31.3 Å². The molecule has 1 amide bonds. The number of piperidine rings is 1. The van der Waals surface area contributed by atoms with E-state index in [0.717, 1.165) is 18.9 Å². The number of amides is 1. The summed E-state index contributed by atoms with van der Waals surface area (Å²) < 4.78 is 39.0. The maximum atomic E-state index is 13.0. The van der Waals surface area contributed by atoms with Crippen LogP contribution >= 0.6 is 23.8 Å². The van der Waals surface area contributed by atoms with Crippen molar-refractivity contribution in [3.8, 4) is 0 Å². The number of anilines is 1. The van der Waals surface area contributed by atoms with Gasteiger partial charge in [-0.3, -0.25) is 4.79 Å². The zero-order valence-electron chi connectivity index (χ0n) is 15.3. The van der Waals surface area contributed by atoms with E-state index >= 15 is 0 Å². The van der Waals surface area contributed by atoms with E-state index in [2.05, 4.69) is 5.32 Å². The number of likely N-dealkylation sites (tertiary alicyclic amines) is 1. The molecule has 9 heteroatoms. The summed E-state index contributed by atoms with van der Waals surface area (Å²) >= 11 is 11.0. The minimum Gasteiger partial charge on any atom is -0.348 e. The number of hydrogen-bond donors (Lipinski definition) is 1. The molecule has 1 aliphatic heterocycles. The Morgan fingerprint density at radius 2 is 2.04 bits per heavy atom. The molecule has 1 aromatic rings. The Kier molecular flexibility index (Phi) is 7.33. The molecule has 0 saturated carbocycles. The lowest BCUT2D eigenvalue weighted by molar-refractivity contribution is -0.137. The minimum absolute atomic E-state index is 0.0957. The number of nitrogens with one attached hydrogen (secondary N) is 1. The van der Waals surface area contributed by atoms with Crippen LogP contribution < -0.4 is 5.32 Å². The van der Waals surface area contributed by atoms with E-state index < -0.39 is 11.7 Å². The summed E-state index contributed by atoms with van der Waals surface area (Å²) in [6.45, 7) is 6.30. The highest BCUT2D eigenvalue weighted by atomic mass is 35.5. The third-order valence-corrected chi connectivity index (χ3v) is 5.35. The topological polar surface area (TPSA) is 35.6 Å². The number of benzene rings is 1. The monoisotopic (exact) mass is 421 g/mol. The third-order valence-electron chi connectivity index (χ3n) is 4.66. The Balaban J connectivity index is 2.07. The van der Waals surface area contributed by atoms with Crippen LogP contribution in [0.3, 0.4) is 0 Å². The average molecular weight is 422 g/mol. The summed E-state index contributed by atoms with van der Waals surface area (Å²) in [6.07, 6.45) is -2.95. The van der Waals surface area contributed by atoms with Gasteiger partial charge in [-0.05, 0) is 57.1 Å². The van der Waals surface area contributed by atoms with Crippen molar-refractivity contribution in [3.05, 3.63) is 28.8 Å². The van der Waals surface area contributed by atoms with Crippen LogP contribution in [-0.4, -0.2) is 47.0 Å². The van der Waals surface area contributed by atoms with Gasteiger partial charge in [-0.15, -0.1) is 0 Å². The fourth-order valence-corrected chi connectivity index (χ4v) is 3.69. The molecule has 0 aromatic heterocycles. The number of rotatable bonds is 4. The Bertz CT molecular complexity index is 695. The molecule has 1 fully saturated rings. The first kappa shape index (κ1) is 21.8. The second-order valence-electron chi connectivity index (χ2n) is 6.42. The van der Waals surface area contributed by atoms with Crippen molar-refractivity contribution < 1.29 is 18.0 Å². The molecule has 0 aliphatic carbocycles. The Morgan fingerprint density at radius 1 is 1.37 bits per heavy atom. The van der Waals surface area contributed by atoms with Crippen molar-refractivity contribution >= 4 is 40.5 Å². The van der Waals surface area contributed by atoms with Crippen molar-refractivity contribution in [1.29, 1.82) is 0 Å². The quantitative estimate of drug-likeness (QED) is 0.718. The number of halogens is 4. The molecule has 4 nitrogen and oxygen atoms in total. The van der Waals surface area contributed by atoms with Crippen molar-refractivity contribution in [1.82, 2.24) is 9.80 Å². The third kappa shape index (κ3) is 5.48. The van der Waals surface area contributed by atoms with Gasteiger partial charge in [0, 0.05) is 31.9 Å². The highest BCUT2D eigenvalue weighted by Gasteiger charge is 2.34. The molecule has 27 heavy (non-hydrogen) atoms. The van der Waals surface area contributed by atoms with E-state index in [1.54, 1.807) is 4.90 Å². The molecule has 1 atom stereocenters. The molecule has 1 heterocycles. The fourth-order valence-electron chi connectivity index (χ4n) is 3.18. The molecule has 1 saturated heterocycles. The first-order valence-electron chi connectivity index (χ1n) is 8.88. The highest BCUT2D eigenvalue weighted by molar-refractivity contribution is 7.80.